The summed E-state index contributed by atoms with van der Waals surface area (Å²) in [5, 5.41) is 2.52. The Balaban J connectivity index is 2.83. The minimum atomic E-state index is -0.685. The van der Waals surface area contributed by atoms with E-state index in [2.05, 4.69) is 5.32 Å². The molecule has 0 bridgehead atoms. The number of carbonyl (C=O) groups is 2. The summed E-state index contributed by atoms with van der Waals surface area (Å²) >= 11 is 0. The standard InChI is InChI=1S/C11H14N2O4/c1-16-7-3-4-8(9(5-7)17-2)13-11(15)6-10(12)14/h3-5H,6H2,1-2H3,(H2,12,14)(H,13,15). The summed E-state index contributed by atoms with van der Waals surface area (Å²) in [6.07, 6.45) is -0.366. The van der Waals surface area contributed by atoms with Crippen LogP contribution in [0.3, 0.4) is 0 Å². The second kappa shape index (κ2) is 5.74. The molecule has 0 aliphatic carbocycles. The molecule has 17 heavy (non-hydrogen) atoms. The number of carbonyl (C=O) groups excluding carboxylic acids is 2. The number of hydrogen-bond donors (Lipinski definition) is 2. The van der Waals surface area contributed by atoms with Crippen molar-refractivity contribution in [2.24, 2.45) is 5.73 Å². The van der Waals surface area contributed by atoms with Gasteiger partial charge in [-0.25, -0.2) is 0 Å². The lowest BCUT2D eigenvalue weighted by Crippen LogP contribution is -2.21. The summed E-state index contributed by atoms with van der Waals surface area (Å²) < 4.78 is 10.1. The van der Waals surface area contributed by atoms with Gasteiger partial charge in [0.15, 0.2) is 0 Å². The number of nitrogens with one attached hydrogen (secondary N) is 1. The second-order valence-electron chi connectivity index (χ2n) is 3.26. The monoisotopic (exact) mass is 238 g/mol. The molecule has 2 amide bonds. The van der Waals surface area contributed by atoms with Crippen LogP contribution in [-0.2, 0) is 9.59 Å². The van der Waals surface area contributed by atoms with Crippen LogP contribution in [0.25, 0.3) is 0 Å². The van der Waals surface area contributed by atoms with E-state index in [1.54, 1.807) is 18.2 Å². The van der Waals surface area contributed by atoms with E-state index in [0.717, 1.165) is 0 Å². The molecule has 6 heteroatoms. The lowest BCUT2D eigenvalue weighted by atomic mass is 10.2. The number of anilines is 1. The van der Waals surface area contributed by atoms with E-state index in [4.69, 9.17) is 15.2 Å². The molecular weight excluding hydrogens is 224 g/mol. The molecule has 0 aliphatic rings. The lowest BCUT2D eigenvalue weighted by Gasteiger charge is -2.10. The number of methoxy groups -OCH3 is 2. The van der Waals surface area contributed by atoms with Crippen LogP contribution in [0.1, 0.15) is 6.42 Å². The number of rotatable bonds is 5. The molecule has 6 nitrogen and oxygen atoms in total. The van der Waals surface area contributed by atoms with Crippen molar-refractivity contribution >= 4 is 17.5 Å². The van der Waals surface area contributed by atoms with Gasteiger partial charge in [-0.3, -0.25) is 9.59 Å². The van der Waals surface area contributed by atoms with E-state index in [9.17, 15) is 9.59 Å². The van der Waals surface area contributed by atoms with Gasteiger partial charge in [0.2, 0.25) is 11.8 Å². The molecule has 3 N–H and O–H groups in total. The summed E-state index contributed by atoms with van der Waals surface area (Å²) in [4.78, 5) is 21.9. The Morgan fingerprint density at radius 2 is 2.00 bits per heavy atom. The molecule has 0 fully saturated rings. The Hall–Kier alpha value is -2.24. The number of benzene rings is 1. The van der Waals surface area contributed by atoms with Gasteiger partial charge in [-0.1, -0.05) is 0 Å². The summed E-state index contributed by atoms with van der Waals surface area (Å²) in [6, 6.07) is 4.92. The molecule has 92 valence electrons. The summed E-state index contributed by atoms with van der Waals surface area (Å²) in [7, 11) is 3.00. The van der Waals surface area contributed by atoms with Crippen molar-refractivity contribution in [1.29, 1.82) is 0 Å². The quantitative estimate of drug-likeness (QED) is 0.731. The van der Waals surface area contributed by atoms with Gasteiger partial charge in [0, 0.05) is 6.07 Å². The molecule has 1 rings (SSSR count). The molecule has 0 aromatic heterocycles. The zero-order valence-electron chi connectivity index (χ0n) is 9.65. The molecule has 0 saturated heterocycles. The van der Waals surface area contributed by atoms with Crippen molar-refractivity contribution in [2.75, 3.05) is 19.5 Å². The Labute approximate surface area is 98.7 Å². The molecule has 0 spiro atoms. The molecule has 0 radical (unpaired) electrons. The van der Waals surface area contributed by atoms with Crippen LogP contribution >= 0.6 is 0 Å². The first-order valence-corrected chi connectivity index (χ1v) is 4.87. The summed E-state index contributed by atoms with van der Waals surface area (Å²) in [6.45, 7) is 0. The maximum absolute atomic E-state index is 11.3. The predicted octanol–water partition coefficient (Wildman–Crippen LogP) is 0.518. The fourth-order valence-corrected chi connectivity index (χ4v) is 1.25. The van der Waals surface area contributed by atoms with E-state index in [0.29, 0.717) is 17.2 Å². The van der Waals surface area contributed by atoms with E-state index in [1.807, 2.05) is 0 Å². The Morgan fingerprint density at radius 3 is 2.53 bits per heavy atom. The molecule has 1 aromatic carbocycles. The predicted molar refractivity (Wildman–Crippen MR) is 62.0 cm³/mol. The van der Waals surface area contributed by atoms with E-state index < -0.39 is 11.8 Å². The Kier molecular flexibility index (Phi) is 4.33. The van der Waals surface area contributed by atoms with E-state index in [-0.39, 0.29) is 6.42 Å². The van der Waals surface area contributed by atoms with Gasteiger partial charge < -0.3 is 20.5 Å². The number of primary amides is 1. The van der Waals surface area contributed by atoms with E-state index >= 15 is 0 Å². The number of ether oxygens (including phenoxy) is 2. The summed E-state index contributed by atoms with van der Waals surface area (Å²) in [5.41, 5.74) is 5.37. The largest absolute Gasteiger partial charge is 0.497 e. The van der Waals surface area contributed by atoms with Crippen LogP contribution in [0.5, 0.6) is 11.5 Å². The van der Waals surface area contributed by atoms with Crippen molar-refractivity contribution in [3.05, 3.63) is 18.2 Å². The summed E-state index contributed by atoms with van der Waals surface area (Å²) in [5.74, 6) is -0.118. The van der Waals surface area contributed by atoms with Crippen LogP contribution in [0, 0.1) is 0 Å². The molecule has 0 unspecified atom stereocenters. The van der Waals surface area contributed by atoms with Gasteiger partial charge in [0.25, 0.3) is 0 Å². The van der Waals surface area contributed by atoms with Crippen molar-refractivity contribution in [3.8, 4) is 11.5 Å². The van der Waals surface area contributed by atoms with Crippen LogP contribution in [0.2, 0.25) is 0 Å². The van der Waals surface area contributed by atoms with Crippen molar-refractivity contribution in [3.63, 3.8) is 0 Å². The molecular formula is C11H14N2O4. The van der Waals surface area contributed by atoms with Crippen LogP contribution in [0.4, 0.5) is 5.69 Å². The molecule has 0 aliphatic heterocycles. The first kappa shape index (κ1) is 12.8. The van der Waals surface area contributed by atoms with Gasteiger partial charge in [0.05, 0.1) is 19.9 Å². The highest BCUT2D eigenvalue weighted by molar-refractivity contribution is 6.03. The van der Waals surface area contributed by atoms with Crippen LogP contribution in [0.15, 0.2) is 18.2 Å². The molecule has 0 heterocycles. The van der Waals surface area contributed by atoms with Crippen molar-refractivity contribution < 1.29 is 19.1 Å². The third-order valence-electron chi connectivity index (χ3n) is 2.02. The Morgan fingerprint density at radius 1 is 1.29 bits per heavy atom. The normalized spacial score (nSPS) is 9.53. The highest BCUT2D eigenvalue weighted by Gasteiger charge is 2.10. The fraction of sp³-hybridized carbons (Fsp3) is 0.273. The van der Waals surface area contributed by atoms with E-state index in [1.165, 1.54) is 14.2 Å². The third-order valence-corrected chi connectivity index (χ3v) is 2.02. The SMILES string of the molecule is COc1ccc(NC(=O)CC(N)=O)c(OC)c1. The van der Waals surface area contributed by atoms with Crippen molar-refractivity contribution in [1.82, 2.24) is 0 Å². The highest BCUT2D eigenvalue weighted by atomic mass is 16.5. The first-order valence-electron chi connectivity index (χ1n) is 4.87. The van der Waals surface area contributed by atoms with Gasteiger partial charge >= 0.3 is 0 Å². The molecule has 1 aromatic rings. The average molecular weight is 238 g/mol. The fourth-order valence-electron chi connectivity index (χ4n) is 1.25. The van der Waals surface area contributed by atoms with Gasteiger partial charge in [0.1, 0.15) is 17.9 Å². The van der Waals surface area contributed by atoms with Crippen molar-refractivity contribution in [2.45, 2.75) is 6.42 Å². The lowest BCUT2D eigenvalue weighted by molar-refractivity contribution is -0.124. The smallest absolute Gasteiger partial charge is 0.233 e. The topological polar surface area (TPSA) is 90.6 Å². The Bertz CT molecular complexity index is 431. The zero-order valence-corrected chi connectivity index (χ0v) is 9.65. The second-order valence-corrected chi connectivity index (χ2v) is 3.26. The highest BCUT2D eigenvalue weighted by Crippen LogP contribution is 2.28. The minimum absolute atomic E-state index is 0.366. The average Bonchev–Trinajstić information content (AvgIpc) is 2.28. The maximum Gasteiger partial charge on any atom is 0.233 e. The molecule has 0 atom stereocenters. The van der Waals surface area contributed by atoms with Gasteiger partial charge in [-0.05, 0) is 12.1 Å². The van der Waals surface area contributed by atoms with Crippen LogP contribution < -0.4 is 20.5 Å². The van der Waals surface area contributed by atoms with Gasteiger partial charge in [-0.15, -0.1) is 0 Å². The van der Waals surface area contributed by atoms with Gasteiger partial charge in [-0.2, -0.15) is 0 Å². The number of hydrogen-bond acceptors (Lipinski definition) is 4. The third kappa shape index (κ3) is 3.67. The minimum Gasteiger partial charge on any atom is -0.497 e. The number of amides is 2. The first-order chi connectivity index (χ1) is 8.06. The molecule has 0 saturated carbocycles. The number of nitrogens with two attached hydrogens (primary N) is 1. The zero-order chi connectivity index (χ0) is 12.8. The van der Waals surface area contributed by atoms with Crippen LogP contribution in [-0.4, -0.2) is 26.0 Å². The maximum atomic E-state index is 11.3.